The van der Waals surface area contributed by atoms with Gasteiger partial charge in [0.1, 0.15) is 11.8 Å². The van der Waals surface area contributed by atoms with Crippen molar-refractivity contribution in [3.63, 3.8) is 0 Å². The van der Waals surface area contributed by atoms with Crippen molar-refractivity contribution in [2.45, 2.75) is 0 Å². The average molecular weight is 371 g/mol. The van der Waals surface area contributed by atoms with Crippen LogP contribution < -0.4 is 10.9 Å². The zero-order valence-corrected chi connectivity index (χ0v) is 13.4. The highest BCUT2D eigenvalue weighted by Crippen LogP contribution is 2.15. The molecule has 0 bridgehead atoms. The molecular weight excluding hydrogens is 360 g/mol. The lowest BCUT2D eigenvalue weighted by molar-refractivity contribution is 0.0954. The Labute approximate surface area is 139 Å². The Morgan fingerprint density at radius 1 is 1.13 bits per heavy atom. The quantitative estimate of drug-likeness (QED) is 0.567. The van der Waals surface area contributed by atoms with E-state index in [1.54, 1.807) is 42.5 Å². The third-order valence-corrected chi connectivity index (χ3v) is 3.89. The molecule has 3 aromatic rings. The van der Waals surface area contributed by atoms with E-state index in [1.807, 2.05) is 6.07 Å². The van der Waals surface area contributed by atoms with Gasteiger partial charge in [0.15, 0.2) is 0 Å². The average Bonchev–Trinajstić information content (AvgIpc) is 2.57. The van der Waals surface area contributed by atoms with Gasteiger partial charge >= 0.3 is 0 Å². The Kier molecular flexibility index (Phi) is 4.34. The number of hydrogen-bond donors (Lipinski definition) is 1. The second-order valence-corrected chi connectivity index (χ2v) is 5.55. The summed E-state index contributed by atoms with van der Waals surface area (Å²) in [5.74, 6) is -0.376. The molecule has 0 saturated heterocycles. The van der Waals surface area contributed by atoms with Crippen LogP contribution in [0.5, 0.6) is 0 Å². The van der Waals surface area contributed by atoms with Crippen LogP contribution in [0.4, 0.5) is 0 Å². The number of benzene rings is 2. The molecule has 5 nitrogen and oxygen atoms in total. The van der Waals surface area contributed by atoms with E-state index in [2.05, 4.69) is 26.5 Å². The van der Waals surface area contributed by atoms with Crippen LogP contribution in [0.15, 0.2) is 73.6 Å². The number of fused-ring (bicyclic) bond motifs is 1. The minimum atomic E-state index is -0.376. The number of rotatable bonds is 3. The summed E-state index contributed by atoms with van der Waals surface area (Å²) in [4.78, 5) is 24.3. The molecule has 6 heteroatoms. The molecule has 0 unspecified atom stereocenters. The molecule has 0 fully saturated rings. The van der Waals surface area contributed by atoms with Gasteiger partial charge in [0.25, 0.3) is 5.91 Å². The van der Waals surface area contributed by atoms with Crippen LogP contribution in [0.2, 0.25) is 0 Å². The fraction of sp³-hybridized carbons (Fsp3) is 0. The van der Waals surface area contributed by atoms with E-state index < -0.39 is 0 Å². The van der Waals surface area contributed by atoms with E-state index >= 15 is 0 Å². The monoisotopic (exact) mass is 370 g/mol. The maximum Gasteiger partial charge on any atom is 0.272 e. The molecule has 0 atom stereocenters. The zero-order chi connectivity index (χ0) is 16.2. The van der Waals surface area contributed by atoms with Gasteiger partial charge in [0.05, 0.1) is 22.7 Å². The summed E-state index contributed by atoms with van der Waals surface area (Å²) in [6, 6.07) is 13.9. The number of nitrogens with one attached hydrogen (secondary N) is 1. The molecule has 1 aromatic heterocycles. The third-order valence-electron chi connectivity index (χ3n) is 3.19. The summed E-state index contributed by atoms with van der Waals surface area (Å²) < 4.78 is 6.04. The molecule has 1 N–H and O–H groups in total. The maximum atomic E-state index is 12.3. The van der Waals surface area contributed by atoms with Gasteiger partial charge < -0.3 is 4.42 Å². The lowest BCUT2D eigenvalue weighted by Crippen LogP contribution is -2.19. The first-order valence-electron chi connectivity index (χ1n) is 6.75. The van der Waals surface area contributed by atoms with Crippen molar-refractivity contribution < 1.29 is 9.21 Å². The SMILES string of the molecule is O=C(N/N=C/c1coc2ccccc2c1=O)c1ccccc1Br. The van der Waals surface area contributed by atoms with Crippen molar-refractivity contribution in [1.29, 1.82) is 0 Å². The summed E-state index contributed by atoms with van der Waals surface area (Å²) in [6.45, 7) is 0. The van der Waals surface area contributed by atoms with Crippen molar-refractivity contribution in [3.8, 4) is 0 Å². The van der Waals surface area contributed by atoms with Gasteiger partial charge in [-0.05, 0) is 40.2 Å². The Morgan fingerprint density at radius 3 is 2.70 bits per heavy atom. The van der Waals surface area contributed by atoms with Crippen LogP contribution >= 0.6 is 15.9 Å². The largest absolute Gasteiger partial charge is 0.463 e. The predicted octanol–water partition coefficient (Wildman–Crippen LogP) is 3.32. The lowest BCUT2D eigenvalue weighted by atomic mass is 10.2. The first kappa shape index (κ1) is 15.2. The second kappa shape index (κ2) is 6.58. The molecule has 0 radical (unpaired) electrons. The highest BCUT2D eigenvalue weighted by molar-refractivity contribution is 9.10. The topological polar surface area (TPSA) is 71.7 Å². The highest BCUT2D eigenvalue weighted by Gasteiger charge is 2.08. The number of halogens is 1. The number of carbonyl (C=O) groups excluding carboxylic acids is 1. The van der Waals surface area contributed by atoms with Crippen LogP contribution in [-0.4, -0.2) is 12.1 Å². The number of hydrazone groups is 1. The first-order valence-corrected chi connectivity index (χ1v) is 7.54. The van der Waals surface area contributed by atoms with Crippen LogP contribution in [0.25, 0.3) is 11.0 Å². The van der Waals surface area contributed by atoms with Crippen molar-refractivity contribution in [1.82, 2.24) is 5.43 Å². The predicted molar refractivity (Wildman–Crippen MR) is 91.7 cm³/mol. The van der Waals surface area contributed by atoms with Gasteiger partial charge in [-0.1, -0.05) is 24.3 Å². The Bertz CT molecular complexity index is 963. The number of amides is 1. The summed E-state index contributed by atoms with van der Waals surface area (Å²) in [6.07, 6.45) is 2.59. The van der Waals surface area contributed by atoms with Crippen molar-refractivity contribution >= 4 is 39.0 Å². The molecule has 1 heterocycles. The zero-order valence-electron chi connectivity index (χ0n) is 11.8. The Balaban J connectivity index is 1.81. The third kappa shape index (κ3) is 3.22. The number of para-hydroxylation sites is 1. The van der Waals surface area contributed by atoms with Gasteiger partial charge in [-0.25, -0.2) is 5.43 Å². The molecule has 0 aliphatic heterocycles. The summed E-state index contributed by atoms with van der Waals surface area (Å²) >= 11 is 3.29. The van der Waals surface area contributed by atoms with E-state index in [0.29, 0.717) is 21.0 Å². The summed E-state index contributed by atoms with van der Waals surface area (Å²) in [5, 5.41) is 4.29. The van der Waals surface area contributed by atoms with Gasteiger partial charge in [-0.15, -0.1) is 0 Å². The Morgan fingerprint density at radius 2 is 1.87 bits per heavy atom. The molecule has 0 aliphatic carbocycles. The molecule has 2 aromatic carbocycles. The molecule has 114 valence electrons. The lowest BCUT2D eigenvalue weighted by Gasteiger charge is -2.02. The van der Waals surface area contributed by atoms with E-state index in [4.69, 9.17) is 4.42 Å². The van der Waals surface area contributed by atoms with Gasteiger partial charge in [0.2, 0.25) is 5.43 Å². The van der Waals surface area contributed by atoms with Gasteiger partial charge in [0, 0.05) is 4.47 Å². The van der Waals surface area contributed by atoms with E-state index in [0.717, 1.165) is 0 Å². The fourth-order valence-electron chi connectivity index (χ4n) is 2.05. The number of nitrogens with zero attached hydrogens (tertiary/aromatic N) is 1. The standard InChI is InChI=1S/C17H11BrN2O3/c18-14-7-3-1-5-12(14)17(22)20-19-9-11-10-23-15-8-4-2-6-13(15)16(11)21/h1-10H,(H,20,22)/b19-9+. The van der Waals surface area contributed by atoms with Crippen LogP contribution in [0.3, 0.4) is 0 Å². The molecule has 3 rings (SSSR count). The molecule has 0 aliphatic rings. The van der Waals surface area contributed by atoms with E-state index in [-0.39, 0.29) is 16.9 Å². The molecular formula is C17H11BrN2O3. The van der Waals surface area contributed by atoms with Crippen molar-refractivity contribution in [2.24, 2.45) is 5.10 Å². The van der Waals surface area contributed by atoms with E-state index in [9.17, 15) is 9.59 Å². The fourth-order valence-corrected chi connectivity index (χ4v) is 2.51. The maximum absolute atomic E-state index is 12.3. The smallest absolute Gasteiger partial charge is 0.272 e. The second-order valence-electron chi connectivity index (χ2n) is 4.70. The summed E-state index contributed by atoms with van der Waals surface area (Å²) in [7, 11) is 0. The molecule has 0 spiro atoms. The molecule has 0 saturated carbocycles. The van der Waals surface area contributed by atoms with Crippen LogP contribution in [0, 0.1) is 0 Å². The normalized spacial score (nSPS) is 11.0. The molecule has 23 heavy (non-hydrogen) atoms. The minimum Gasteiger partial charge on any atom is -0.463 e. The summed E-state index contributed by atoms with van der Waals surface area (Å²) in [5.41, 5.74) is 3.40. The highest BCUT2D eigenvalue weighted by atomic mass is 79.9. The van der Waals surface area contributed by atoms with Crippen molar-refractivity contribution in [2.75, 3.05) is 0 Å². The van der Waals surface area contributed by atoms with Crippen LogP contribution in [0.1, 0.15) is 15.9 Å². The van der Waals surface area contributed by atoms with Crippen LogP contribution in [-0.2, 0) is 0 Å². The van der Waals surface area contributed by atoms with Gasteiger partial charge in [-0.3, -0.25) is 9.59 Å². The Hall–Kier alpha value is -2.73. The van der Waals surface area contributed by atoms with Gasteiger partial charge in [-0.2, -0.15) is 5.10 Å². The number of hydrogen-bond acceptors (Lipinski definition) is 4. The van der Waals surface area contributed by atoms with Crippen molar-refractivity contribution in [3.05, 3.63) is 80.6 Å². The minimum absolute atomic E-state index is 0.203. The van der Waals surface area contributed by atoms with E-state index in [1.165, 1.54) is 12.5 Å². The molecule has 1 amide bonds. The first-order chi connectivity index (χ1) is 11.2. The number of carbonyl (C=O) groups is 1.